The van der Waals surface area contributed by atoms with Crippen LogP contribution >= 0.6 is 0 Å². The molecule has 0 aromatic heterocycles. The molecule has 0 unspecified atom stereocenters. The summed E-state index contributed by atoms with van der Waals surface area (Å²) in [5.41, 5.74) is 10.1. The maximum Gasteiger partial charge on any atom is 0.326 e. The lowest BCUT2D eigenvalue weighted by Gasteiger charge is -2.25. The van der Waals surface area contributed by atoms with Crippen LogP contribution in [0.4, 0.5) is 8.78 Å². The van der Waals surface area contributed by atoms with Crippen LogP contribution in [0, 0.1) is 25.5 Å². The number of hydrogen-bond acceptors (Lipinski definition) is 10. The summed E-state index contributed by atoms with van der Waals surface area (Å²) in [5.74, 6) is -3.25. The van der Waals surface area contributed by atoms with Gasteiger partial charge in [-0.2, -0.15) is 0 Å². The molecule has 410 valence electrons. The Balaban J connectivity index is 0.989. The first kappa shape index (κ1) is 56.4. The van der Waals surface area contributed by atoms with E-state index in [4.69, 9.17) is 18.9 Å². The number of carboxylic acids is 2. The van der Waals surface area contributed by atoms with Gasteiger partial charge in [0.05, 0.1) is 39.6 Å². The van der Waals surface area contributed by atoms with E-state index in [0.717, 1.165) is 67.8 Å². The van der Waals surface area contributed by atoms with E-state index in [2.05, 4.69) is 15.5 Å². The molecule has 8 rings (SSSR count). The largest absolute Gasteiger partial charge is 0.496 e. The zero-order valence-electron chi connectivity index (χ0n) is 45.6. The standard InChI is InChI=1S/C62H68F2N4O10/c1-34-13-10-18-47(63)53(34)59(69)65-49(61(71)72)29-36-14-11-17-44-41(36)23-25-46(44)56-52(76-7)28-21-40(58(56)78-9)33-68(5)32-38-19-26-48(64)54(35(38)2)60(70)66-50(62(73)74)30-37-15-12-16-43-42(37)22-24-45(43)55-51(75-6)27-20-39(31-67(3)4)57(55)77-8/h10-21,26-28,45-46,49-50H,22-25,29-33H2,1-9H3,(H,65,69)(H,66,70)(H,71,72)(H,73,74)/t45-,46+,49+,50+/m1/s1. The lowest BCUT2D eigenvalue weighted by molar-refractivity contribution is -0.140. The number of halogens is 2. The highest BCUT2D eigenvalue weighted by atomic mass is 19.1. The smallest absolute Gasteiger partial charge is 0.326 e. The van der Waals surface area contributed by atoms with E-state index in [1.165, 1.54) is 18.2 Å². The Morgan fingerprint density at radius 2 is 1.01 bits per heavy atom. The third-order valence-corrected chi connectivity index (χ3v) is 15.4. The number of carbonyl (C=O) groups excluding carboxylic acids is 2. The molecule has 0 radical (unpaired) electrons. The summed E-state index contributed by atoms with van der Waals surface area (Å²) in [6, 6.07) is 23.7. The first-order chi connectivity index (χ1) is 37.4. The van der Waals surface area contributed by atoms with E-state index < -0.39 is 47.5 Å². The molecular formula is C62H68F2N4O10. The molecule has 4 N–H and O–H groups in total. The summed E-state index contributed by atoms with van der Waals surface area (Å²) in [4.78, 5) is 56.9. The summed E-state index contributed by atoms with van der Waals surface area (Å²) in [6.07, 6.45) is 2.64. The highest BCUT2D eigenvalue weighted by Gasteiger charge is 2.36. The minimum Gasteiger partial charge on any atom is -0.496 e. The zero-order valence-corrected chi connectivity index (χ0v) is 45.6. The van der Waals surface area contributed by atoms with Crippen molar-refractivity contribution in [3.05, 3.63) is 186 Å². The number of hydrogen-bond donors (Lipinski definition) is 4. The molecular weight excluding hydrogens is 999 g/mol. The fourth-order valence-corrected chi connectivity index (χ4v) is 11.8. The van der Waals surface area contributed by atoms with Crippen molar-refractivity contribution >= 4 is 23.8 Å². The van der Waals surface area contributed by atoms with Crippen molar-refractivity contribution in [2.45, 2.75) is 95.9 Å². The van der Waals surface area contributed by atoms with Gasteiger partial charge in [0.15, 0.2) is 0 Å². The van der Waals surface area contributed by atoms with Gasteiger partial charge in [0.25, 0.3) is 11.8 Å². The van der Waals surface area contributed by atoms with Crippen LogP contribution in [0.25, 0.3) is 0 Å². The number of carbonyl (C=O) groups is 4. The van der Waals surface area contributed by atoms with Crippen LogP contribution in [0.2, 0.25) is 0 Å². The Morgan fingerprint density at radius 3 is 1.47 bits per heavy atom. The first-order valence-corrected chi connectivity index (χ1v) is 26.0. The molecule has 2 aliphatic carbocycles. The molecule has 4 atom stereocenters. The first-order valence-electron chi connectivity index (χ1n) is 26.0. The number of amides is 2. The van der Waals surface area contributed by atoms with Gasteiger partial charge in [-0.15, -0.1) is 0 Å². The van der Waals surface area contributed by atoms with E-state index in [9.17, 15) is 33.8 Å². The van der Waals surface area contributed by atoms with Gasteiger partial charge in [0.1, 0.15) is 46.7 Å². The highest BCUT2D eigenvalue weighted by Crippen LogP contribution is 2.50. The molecule has 0 saturated heterocycles. The Kier molecular flexibility index (Phi) is 17.5. The minimum atomic E-state index is -1.36. The minimum absolute atomic E-state index is 0.0165. The van der Waals surface area contributed by atoms with Gasteiger partial charge in [0.2, 0.25) is 0 Å². The Hall–Kier alpha value is -7.82. The number of nitrogens with one attached hydrogen (secondary N) is 2. The molecule has 2 aliphatic rings. The van der Waals surface area contributed by atoms with Crippen LogP contribution in [0.1, 0.15) is 118 Å². The molecule has 0 heterocycles. The van der Waals surface area contributed by atoms with Crippen molar-refractivity contribution in [2.75, 3.05) is 49.6 Å². The molecule has 0 bridgehead atoms. The lowest BCUT2D eigenvalue weighted by atomic mass is 9.88. The predicted octanol–water partition coefficient (Wildman–Crippen LogP) is 9.32. The number of nitrogens with zero attached hydrogens (tertiary/aromatic N) is 2. The molecule has 0 aliphatic heterocycles. The van der Waals surface area contributed by atoms with Crippen LogP contribution in [-0.2, 0) is 54.9 Å². The van der Waals surface area contributed by atoms with Crippen LogP contribution in [0.15, 0.2) is 91.0 Å². The number of aryl methyl sites for hydroxylation is 1. The molecule has 2 amide bonds. The summed E-state index contributed by atoms with van der Waals surface area (Å²) in [6.45, 7) is 4.57. The maximum atomic E-state index is 15.9. The Labute approximate surface area is 454 Å². The van der Waals surface area contributed by atoms with Gasteiger partial charge < -0.3 is 44.7 Å². The molecule has 78 heavy (non-hydrogen) atoms. The van der Waals surface area contributed by atoms with Crippen LogP contribution < -0.4 is 29.6 Å². The second kappa shape index (κ2) is 24.2. The summed E-state index contributed by atoms with van der Waals surface area (Å²) in [7, 11) is 12.3. The predicted molar refractivity (Wildman–Crippen MR) is 292 cm³/mol. The van der Waals surface area contributed by atoms with E-state index in [1.807, 2.05) is 86.7 Å². The van der Waals surface area contributed by atoms with Crippen LogP contribution in [0.5, 0.6) is 23.0 Å². The number of methoxy groups -OCH3 is 4. The average Bonchev–Trinajstić information content (AvgIpc) is 4.10. The van der Waals surface area contributed by atoms with E-state index >= 15 is 4.39 Å². The van der Waals surface area contributed by atoms with Crippen LogP contribution in [0.3, 0.4) is 0 Å². The highest BCUT2D eigenvalue weighted by molar-refractivity contribution is 5.99. The molecule has 14 nitrogen and oxygen atoms in total. The van der Waals surface area contributed by atoms with Crippen molar-refractivity contribution in [3.8, 4) is 23.0 Å². The summed E-state index contributed by atoms with van der Waals surface area (Å²) >= 11 is 0. The van der Waals surface area contributed by atoms with E-state index in [1.54, 1.807) is 54.4 Å². The number of rotatable bonds is 22. The van der Waals surface area contributed by atoms with Gasteiger partial charge >= 0.3 is 11.9 Å². The second-order valence-electron chi connectivity index (χ2n) is 20.6. The second-order valence-corrected chi connectivity index (χ2v) is 20.6. The number of carboxylic acid groups (broad SMARTS) is 2. The van der Waals surface area contributed by atoms with Crippen molar-refractivity contribution in [1.82, 2.24) is 20.4 Å². The average molecular weight is 1070 g/mol. The monoisotopic (exact) mass is 1070 g/mol. The van der Waals surface area contributed by atoms with E-state index in [0.29, 0.717) is 66.3 Å². The fraction of sp³-hybridized carbons (Fsp3) is 0.355. The third kappa shape index (κ3) is 11.6. The number of aliphatic carboxylic acids is 2. The van der Waals surface area contributed by atoms with Crippen molar-refractivity contribution in [2.24, 2.45) is 0 Å². The van der Waals surface area contributed by atoms with Crippen LogP contribution in [-0.4, -0.2) is 105 Å². The Morgan fingerprint density at radius 1 is 0.564 bits per heavy atom. The molecule has 6 aromatic carbocycles. The number of benzene rings is 6. The normalized spacial score (nSPS) is 15.3. The molecule has 16 heteroatoms. The molecule has 0 fully saturated rings. The number of fused-ring (bicyclic) bond motifs is 2. The fourth-order valence-electron chi connectivity index (χ4n) is 11.8. The van der Waals surface area contributed by atoms with Gasteiger partial charge in [0, 0.05) is 66.6 Å². The molecule has 6 aromatic rings. The molecule has 0 spiro atoms. The SMILES string of the molecule is COc1ccc(CN(C)C)c(OC)c1[C@@H]1CCc2c(C[C@H](NC(=O)c3c(F)ccc(CN(C)Cc4ccc(OC)c([C@H]5CCc6c(C[C@H](NC(=O)c7c(C)cccc7F)C(=O)O)cccc65)c4OC)c3C)C(=O)O)cccc21. The molecule has 0 saturated carbocycles. The van der Waals surface area contributed by atoms with E-state index in [-0.39, 0.29) is 42.3 Å². The van der Waals surface area contributed by atoms with Gasteiger partial charge in [-0.1, -0.05) is 66.7 Å². The van der Waals surface area contributed by atoms with Gasteiger partial charge in [-0.3, -0.25) is 14.5 Å². The zero-order chi connectivity index (χ0) is 56.1. The van der Waals surface area contributed by atoms with Gasteiger partial charge in [-0.05, 0) is 135 Å². The topological polar surface area (TPSA) is 176 Å². The summed E-state index contributed by atoms with van der Waals surface area (Å²) < 4.78 is 54.5. The van der Waals surface area contributed by atoms with Crippen molar-refractivity contribution in [3.63, 3.8) is 0 Å². The number of ether oxygens (including phenoxy) is 4. The van der Waals surface area contributed by atoms with Crippen molar-refractivity contribution in [1.29, 1.82) is 0 Å². The van der Waals surface area contributed by atoms with Crippen molar-refractivity contribution < 1.29 is 57.1 Å². The quantitative estimate of drug-likeness (QED) is 0.0508. The summed E-state index contributed by atoms with van der Waals surface area (Å²) in [5, 5.41) is 26.0. The lowest BCUT2D eigenvalue weighted by Crippen LogP contribution is -2.43. The van der Waals surface area contributed by atoms with Gasteiger partial charge in [-0.25, -0.2) is 18.4 Å². The Bertz CT molecular complexity index is 3250. The maximum absolute atomic E-state index is 15.9. The third-order valence-electron chi connectivity index (χ3n) is 15.4.